The molecule has 4 aromatic rings. The minimum absolute atomic E-state index is 0. The number of rotatable bonds is 47. The number of aliphatic hydroxyl groups excluding tert-OH is 1. The van der Waals surface area contributed by atoms with E-state index in [-0.39, 0.29) is 35.3 Å². The number of carbonyl (C=O) groups is 1. The molecular weight excluding hydrogens is 1100 g/mol. The van der Waals surface area contributed by atoms with Crippen LogP contribution in [0.5, 0.6) is 0 Å². The molecule has 0 unspecified atom stereocenters. The molecule has 0 fully saturated rings. The van der Waals surface area contributed by atoms with Crippen LogP contribution in [0.15, 0.2) is 121 Å². The number of unbranched alkanes of at least 4 members (excludes halogenated alkanes) is 32. The molecule has 3 radical (unpaired) electrons. The van der Waals surface area contributed by atoms with Crippen molar-refractivity contribution in [2.75, 3.05) is 38.6 Å². The normalized spacial score (nSPS) is 10.6. The number of aliphatic hydroxyl groups is 1. The average Bonchev–Trinajstić information content (AvgIpc) is 3.48. The summed E-state index contributed by atoms with van der Waals surface area (Å²) in [5.41, 5.74) is 0. The summed E-state index contributed by atoms with van der Waals surface area (Å²) in [6.07, 6.45) is 50.0. The smallest absolute Gasteiger partial charge is 0.545 e. The van der Waals surface area contributed by atoms with Crippen molar-refractivity contribution in [2.24, 2.45) is 0 Å². The van der Waals surface area contributed by atoms with E-state index in [2.05, 4.69) is 154 Å². The third-order valence-electron chi connectivity index (χ3n) is 14.8. The van der Waals surface area contributed by atoms with Gasteiger partial charge < -0.3 is 20.0 Å². The first-order valence-corrected chi connectivity index (χ1v) is 35.7. The number of benzene rings is 4. The molecule has 0 atom stereocenters. The van der Waals surface area contributed by atoms with Crippen molar-refractivity contribution in [3.63, 3.8) is 0 Å². The second-order valence-electron chi connectivity index (χ2n) is 21.7. The maximum absolute atomic E-state index is 11.8. The number of nitrogens with one attached hydrogen (secondary N) is 1. The molecule has 0 aliphatic rings. The topological polar surface area (TPSA) is 75.6 Å². The molecule has 4 rings (SSSR count). The molecule has 5 nitrogen and oxygen atoms in total. The van der Waals surface area contributed by atoms with Crippen LogP contribution in [0.3, 0.4) is 0 Å². The minimum atomic E-state index is -0.758. The first-order valence-electron chi connectivity index (χ1n) is 32.3. The van der Waals surface area contributed by atoms with Gasteiger partial charge in [0, 0.05) is 36.0 Å². The van der Waals surface area contributed by atoms with Crippen molar-refractivity contribution < 1.29 is 40.3 Å². The van der Waals surface area contributed by atoms with Gasteiger partial charge in [-0.3, -0.25) is 11.6 Å². The summed E-state index contributed by atoms with van der Waals surface area (Å²) in [6.45, 7) is 13.2. The van der Waals surface area contributed by atoms with Crippen LogP contribution in [-0.2, 0) is 33.8 Å². The molecule has 80 heavy (non-hydrogen) atoms. The van der Waals surface area contributed by atoms with Crippen molar-refractivity contribution >= 4 is 58.2 Å². The van der Waals surface area contributed by atoms with Crippen molar-refractivity contribution in [1.82, 2.24) is 5.32 Å². The Kier molecular flexibility index (Phi) is 63.7. The Morgan fingerprint density at radius 2 is 0.637 bits per heavy atom. The molecular formula is C71H120BNO4P2Ru+3. The fraction of sp³-hybridized carbons (Fsp3) is 0.634. The standard InChI is InChI=1S/C28H29NP2.C28H56O2.C14H30O.CHO.B.Ru.H2/c1-5-13-25(14-6-1)30(26-15-7-2-8-16-26)23-21-29-22-24-31(27-17-9-3-10-18-27)28-19-11-4-12-20-28;1-3-5-7-9-11-13-15-17-19-21-23-25-27-30-28(29)26-24-22-20-18-16-14-12-10-8-6-4-2;1-2-3-4-5-6-7-8-9-10-11-12-13-14-15;1-2;;;/h1-20,29H,21-24H2;3-27H2,1-2H3;15H,2-14H2,1H3;1H;;;1H/q;;;-1;;+2;/p+2. The second-order valence-corrected chi connectivity index (χ2v) is 26.9. The van der Waals surface area contributed by atoms with E-state index in [0.29, 0.717) is 19.6 Å². The van der Waals surface area contributed by atoms with E-state index in [1.54, 1.807) is 0 Å². The van der Waals surface area contributed by atoms with Gasteiger partial charge in [-0.1, -0.05) is 299 Å². The quantitative estimate of drug-likeness (QED) is 0.0115. The van der Waals surface area contributed by atoms with Gasteiger partial charge in [-0.15, -0.1) is 0 Å². The van der Waals surface area contributed by atoms with E-state index < -0.39 is 15.8 Å². The largest absolute Gasteiger partial charge is 2.00 e. The van der Waals surface area contributed by atoms with Crippen LogP contribution in [0, 0.1) is 0 Å². The minimum Gasteiger partial charge on any atom is -0.545 e. The fourth-order valence-electron chi connectivity index (χ4n) is 10.1. The molecule has 4 aromatic carbocycles. The van der Waals surface area contributed by atoms with Gasteiger partial charge in [-0.2, -0.15) is 0 Å². The Bertz CT molecular complexity index is 1630. The van der Waals surface area contributed by atoms with Crippen molar-refractivity contribution in [1.29, 1.82) is 0 Å². The van der Waals surface area contributed by atoms with Crippen LogP contribution in [0.4, 0.5) is 0 Å². The molecule has 0 heterocycles. The SMILES string of the molecule is CCCCCCCCCCCCCCO.CCCCCCCCCCCCCCOC(=O)CCCCCCCCCCCCC.[B].[CH-]=O.[HH].[Ru+2].c1ccc([PH+](CCNCC[PH+](c2ccccc2)c2ccccc2)c2ccccc2)cc1. The summed E-state index contributed by atoms with van der Waals surface area (Å²) in [5.74, 6) is 0.0222. The van der Waals surface area contributed by atoms with Gasteiger partial charge in [0.05, 0.1) is 56.0 Å². The first kappa shape index (κ1) is 79.6. The molecule has 0 amide bonds. The monoisotopic (exact) mass is 1230 g/mol. The van der Waals surface area contributed by atoms with Gasteiger partial charge in [0.25, 0.3) is 0 Å². The predicted molar refractivity (Wildman–Crippen MR) is 359 cm³/mol. The van der Waals surface area contributed by atoms with E-state index in [1.165, 1.54) is 239 Å². The molecule has 0 saturated heterocycles. The molecule has 9 heteroatoms. The maximum atomic E-state index is 11.8. The van der Waals surface area contributed by atoms with Crippen molar-refractivity contribution in [2.45, 2.75) is 252 Å². The third-order valence-corrected chi connectivity index (χ3v) is 20.5. The summed E-state index contributed by atoms with van der Waals surface area (Å²) in [5, 5.41) is 18.4. The van der Waals surface area contributed by atoms with Crippen LogP contribution in [0.2, 0.25) is 0 Å². The average molecular weight is 1230 g/mol. The Morgan fingerprint density at radius 3 is 0.900 bits per heavy atom. The van der Waals surface area contributed by atoms with Crippen LogP contribution < -0.4 is 26.5 Å². The molecule has 0 spiro atoms. The first-order chi connectivity index (χ1) is 38.6. The van der Waals surface area contributed by atoms with Crippen molar-refractivity contribution in [3.05, 3.63) is 121 Å². The maximum Gasteiger partial charge on any atom is 2.00 e. The number of esters is 1. The molecule has 0 aliphatic carbocycles. The van der Waals surface area contributed by atoms with Crippen LogP contribution in [0.1, 0.15) is 253 Å². The van der Waals surface area contributed by atoms with Gasteiger partial charge in [-0.05, 0) is 67.8 Å². The zero-order valence-electron chi connectivity index (χ0n) is 51.4. The Labute approximate surface area is 512 Å². The van der Waals surface area contributed by atoms with E-state index in [0.717, 1.165) is 32.4 Å². The number of hydrogen-bond donors (Lipinski definition) is 2. The third kappa shape index (κ3) is 47.9. The van der Waals surface area contributed by atoms with Gasteiger partial charge >= 0.3 is 25.4 Å². The van der Waals surface area contributed by atoms with Gasteiger partial charge in [0.2, 0.25) is 0 Å². The Balaban J connectivity index is -0.00000115. The molecule has 451 valence electrons. The van der Waals surface area contributed by atoms with E-state index in [9.17, 15) is 4.79 Å². The molecule has 0 saturated carbocycles. The van der Waals surface area contributed by atoms with Crippen molar-refractivity contribution in [3.8, 4) is 0 Å². The zero-order chi connectivity index (χ0) is 56.3. The predicted octanol–water partition coefficient (Wildman–Crippen LogP) is 18.5. The number of carbonyl (C=O) groups excluding carboxylic acids is 2. The Hall–Kier alpha value is -2.51. The summed E-state index contributed by atoms with van der Waals surface area (Å²) >= 11 is 0. The fourth-order valence-corrected chi connectivity index (χ4v) is 15.2. The summed E-state index contributed by atoms with van der Waals surface area (Å²) in [4.78, 5) is 19.5. The zero-order valence-corrected chi connectivity index (χ0v) is 55.2. The number of ether oxygens (including phenoxy) is 1. The molecule has 2 N–H and O–H groups in total. The van der Waals surface area contributed by atoms with E-state index in [1.807, 2.05) is 0 Å². The van der Waals surface area contributed by atoms with Crippen LogP contribution >= 0.6 is 15.8 Å². The number of hydrogen-bond acceptors (Lipinski definition) is 5. The summed E-state index contributed by atoms with van der Waals surface area (Å²) in [6, 6.07) is 44.2. The summed E-state index contributed by atoms with van der Waals surface area (Å²) in [7, 11) is -1.52. The van der Waals surface area contributed by atoms with Crippen LogP contribution in [-0.4, -0.2) is 64.9 Å². The summed E-state index contributed by atoms with van der Waals surface area (Å²) < 4.78 is 5.39. The van der Waals surface area contributed by atoms with Gasteiger partial charge in [-0.25, -0.2) is 0 Å². The molecule has 0 aromatic heterocycles. The van der Waals surface area contributed by atoms with Crippen LogP contribution in [0.25, 0.3) is 0 Å². The van der Waals surface area contributed by atoms with Gasteiger partial charge in [0.15, 0.2) is 0 Å². The van der Waals surface area contributed by atoms with Gasteiger partial charge in [0.1, 0.15) is 0 Å². The molecule has 0 aliphatic heterocycles. The Morgan fingerprint density at radius 1 is 0.400 bits per heavy atom. The second kappa shape index (κ2) is 64.1. The van der Waals surface area contributed by atoms with E-state index >= 15 is 0 Å². The molecule has 0 bridgehead atoms. The van der Waals surface area contributed by atoms with E-state index in [4.69, 9.17) is 14.6 Å².